The first kappa shape index (κ1) is 19.3. The number of nitrogen functional groups attached to an aromatic ring is 1. The van der Waals surface area contributed by atoms with Crippen molar-refractivity contribution < 1.29 is 4.74 Å². The minimum atomic E-state index is 0.327. The largest absolute Gasteiger partial charge is 0.490 e. The lowest BCUT2D eigenvalue weighted by molar-refractivity contribution is 0.341. The zero-order valence-electron chi connectivity index (χ0n) is 16.2. The molecule has 0 aliphatic carbocycles. The van der Waals surface area contributed by atoms with Gasteiger partial charge in [-0.3, -0.25) is 4.68 Å². The average Bonchev–Trinajstić information content (AvgIpc) is 3.02. The van der Waals surface area contributed by atoms with Crippen LogP contribution >= 0.6 is 0 Å². The molecule has 0 radical (unpaired) electrons. The number of nitrogens with zero attached hydrogens (tertiary/aromatic N) is 3. The lowest BCUT2D eigenvalue weighted by atomic mass is 9.94. The maximum Gasteiger partial charge on any atom is 0.166 e. The fourth-order valence-corrected chi connectivity index (χ4v) is 3.27. The molecule has 138 valence electrons. The summed E-state index contributed by atoms with van der Waals surface area (Å²) in [5.41, 5.74) is 9.11. The number of anilines is 1. The second kappa shape index (κ2) is 8.88. The van der Waals surface area contributed by atoms with E-state index in [2.05, 4.69) is 43.4 Å². The monoisotopic (exact) mass is 344 g/mol. The van der Waals surface area contributed by atoms with E-state index in [1.807, 2.05) is 13.0 Å². The molecule has 0 bridgehead atoms. The van der Waals surface area contributed by atoms with E-state index in [9.17, 15) is 0 Å². The van der Waals surface area contributed by atoms with Gasteiger partial charge in [-0.15, -0.1) is 0 Å². The minimum Gasteiger partial charge on any atom is -0.490 e. The topological polar surface area (TPSA) is 66.0 Å². The molecule has 5 heteroatoms. The number of pyridine rings is 1. The summed E-state index contributed by atoms with van der Waals surface area (Å²) in [5.74, 6) is 1.59. The summed E-state index contributed by atoms with van der Waals surface area (Å²) in [5, 5.41) is 4.88. The average molecular weight is 345 g/mol. The van der Waals surface area contributed by atoms with Gasteiger partial charge in [0.2, 0.25) is 0 Å². The zero-order valence-corrected chi connectivity index (χ0v) is 16.2. The third-order valence-electron chi connectivity index (χ3n) is 4.42. The molecule has 0 aliphatic heterocycles. The minimum absolute atomic E-state index is 0.327. The van der Waals surface area contributed by atoms with E-state index >= 15 is 0 Å². The predicted molar refractivity (Wildman–Crippen MR) is 104 cm³/mol. The van der Waals surface area contributed by atoms with Gasteiger partial charge in [-0.25, -0.2) is 4.98 Å². The van der Waals surface area contributed by atoms with E-state index in [0.717, 1.165) is 11.3 Å². The second-order valence-corrected chi connectivity index (χ2v) is 6.81. The standard InChI is InChI=1S/C20H32N4O/c1-6-9-15(10-7-2)18-12-17(23-24(18)14(4)5)16-11-19(25-8-3)20(21)22-13-16/h11-15H,6-10H2,1-5H3,(H2,21,22). The first-order valence-electron chi connectivity index (χ1n) is 9.49. The Kier molecular flexibility index (Phi) is 6.85. The van der Waals surface area contributed by atoms with Crippen molar-refractivity contribution in [2.75, 3.05) is 12.3 Å². The van der Waals surface area contributed by atoms with E-state index in [4.69, 9.17) is 15.6 Å². The van der Waals surface area contributed by atoms with E-state index < -0.39 is 0 Å². The summed E-state index contributed by atoms with van der Waals surface area (Å²) in [6.45, 7) is 11.4. The SMILES string of the molecule is CCCC(CCC)c1cc(-c2cnc(N)c(OCC)c2)nn1C(C)C. The van der Waals surface area contributed by atoms with Gasteiger partial charge in [0.25, 0.3) is 0 Å². The van der Waals surface area contributed by atoms with Crippen molar-refractivity contribution in [3.8, 4) is 17.0 Å². The molecule has 5 nitrogen and oxygen atoms in total. The molecule has 0 amide bonds. The highest BCUT2D eigenvalue weighted by atomic mass is 16.5. The van der Waals surface area contributed by atoms with Gasteiger partial charge in [-0.1, -0.05) is 26.7 Å². The van der Waals surface area contributed by atoms with Crippen LogP contribution in [0.15, 0.2) is 18.3 Å². The maximum absolute atomic E-state index is 5.90. The van der Waals surface area contributed by atoms with Crippen molar-refractivity contribution >= 4 is 5.82 Å². The first-order chi connectivity index (χ1) is 12.0. The highest BCUT2D eigenvalue weighted by molar-refractivity contribution is 5.64. The second-order valence-electron chi connectivity index (χ2n) is 6.81. The van der Waals surface area contributed by atoms with Crippen LogP contribution < -0.4 is 10.5 Å². The molecule has 25 heavy (non-hydrogen) atoms. The predicted octanol–water partition coefficient (Wildman–Crippen LogP) is 5.19. The summed E-state index contributed by atoms with van der Waals surface area (Å²) in [6, 6.07) is 4.49. The van der Waals surface area contributed by atoms with Gasteiger partial charge >= 0.3 is 0 Å². The van der Waals surface area contributed by atoms with Crippen molar-refractivity contribution in [2.45, 2.75) is 72.3 Å². The smallest absolute Gasteiger partial charge is 0.166 e. The van der Waals surface area contributed by atoms with Crippen molar-refractivity contribution in [1.82, 2.24) is 14.8 Å². The molecule has 0 spiro atoms. The molecular weight excluding hydrogens is 312 g/mol. The van der Waals surface area contributed by atoms with Crippen LogP contribution in [0.25, 0.3) is 11.3 Å². The fraction of sp³-hybridized carbons (Fsp3) is 0.600. The molecule has 0 atom stereocenters. The Morgan fingerprint density at radius 2 is 1.80 bits per heavy atom. The fourth-order valence-electron chi connectivity index (χ4n) is 3.27. The van der Waals surface area contributed by atoms with Crippen LogP contribution in [-0.2, 0) is 0 Å². The van der Waals surface area contributed by atoms with Gasteiger partial charge < -0.3 is 10.5 Å². The molecule has 2 heterocycles. The number of hydrogen-bond acceptors (Lipinski definition) is 4. The Bertz CT molecular complexity index is 672. The number of rotatable bonds is 9. The summed E-state index contributed by atoms with van der Waals surface area (Å²) >= 11 is 0. The summed E-state index contributed by atoms with van der Waals surface area (Å²) < 4.78 is 7.75. The van der Waals surface area contributed by atoms with Gasteiger partial charge in [0, 0.05) is 29.4 Å². The van der Waals surface area contributed by atoms with Crippen LogP contribution in [0.2, 0.25) is 0 Å². The Balaban J connectivity index is 2.46. The molecule has 2 rings (SSSR count). The van der Waals surface area contributed by atoms with Crippen molar-refractivity contribution in [2.24, 2.45) is 0 Å². The Morgan fingerprint density at radius 1 is 1.12 bits per heavy atom. The molecule has 2 aromatic heterocycles. The Labute approximate surface area is 151 Å². The van der Waals surface area contributed by atoms with Gasteiger partial charge in [0.15, 0.2) is 11.6 Å². The molecule has 2 N–H and O–H groups in total. The molecule has 0 unspecified atom stereocenters. The van der Waals surface area contributed by atoms with Crippen molar-refractivity contribution in [3.05, 3.63) is 24.0 Å². The zero-order chi connectivity index (χ0) is 18.4. The summed E-state index contributed by atoms with van der Waals surface area (Å²) in [6.07, 6.45) is 6.53. The number of hydrogen-bond donors (Lipinski definition) is 1. The van der Waals surface area contributed by atoms with E-state index in [1.54, 1.807) is 6.20 Å². The van der Waals surface area contributed by atoms with Gasteiger partial charge in [0.1, 0.15) is 0 Å². The molecule has 0 fully saturated rings. The third kappa shape index (κ3) is 4.53. The van der Waals surface area contributed by atoms with Gasteiger partial charge in [-0.05, 0) is 45.7 Å². The molecule has 0 aliphatic rings. The van der Waals surface area contributed by atoms with Crippen molar-refractivity contribution in [1.29, 1.82) is 0 Å². The molecule has 2 aromatic rings. The highest BCUT2D eigenvalue weighted by Gasteiger charge is 2.20. The van der Waals surface area contributed by atoms with E-state index in [0.29, 0.717) is 30.1 Å². The third-order valence-corrected chi connectivity index (χ3v) is 4.42. The number of ether oxygens (including phenoxy) is 1. The molecule has 0 aromatic carbocycles. The summed E-state index contributed by atoms with van der Waals surface area (Å²) in [4.78, 5) is 4.28. The van der Waals surface area contributed by atoms with Crippen LogP contribution in [0, 0.1) is 0 Å². The van der Waals surface area contributed by atoms with Crippen molar-refractivity contribution in [3.63, 3.8) is 0 Å². The van der Waals surface area contributed by atoms with E-state index in [1.165, 1.54) is 31.4 Å². The van der Waals surface area contributed by atoms with E-state index in [-0.39, 0.29) is 0 Å². The van der Waals surface area contributed by atoms with Crippen LogP contribution in [0.4, 0.5) is 5.82 Å². The lowest BCUT2D eigenvalue weighted by Crippen LogP contribution is -2.11. The molecule has 0 saturated heterocycles. The molecule has 0 saturated carbocycles. The number of aromatic nitrogens is 3. The normalized spacial score (nSPS) is 11.5. The van der Waals surface area contributed by atoms with Crippen LogP contribution in [-0.4, -0.2) is 21.4 Å². The summed E-state index contributed by atoms with van der Waals surface area (Å²) in [7, 11) is 0. The van der Waals surface area contributed by atoms with Crippen LogP contribution in [0.5, 0.6) is 5.75 Å². The first-order valence-corrected chi connectivity index (χ1v) is 9.49. The van der Waals surface area contributed by atoms with Gasteiger partial charge in [0.05, 0.1) is 12.3 Å². The Morgan fingerprint density at radius 3 is 2.36 bits per heavy atom. The Hall–Kier alpha value is -2.04. The van der Waals surface area contributed by atoms with Crippen LogP contribution in [0.1, 0.15) is 78.0 Å². The quantitative estimate of drug-likeness (QED) is 0.679. The number of nitrogens with two attached hydrogens (primary N) is 1. The highest BCUT2D eigenvalue weighted by Crippen LogP contribution is 2.33. The maximum atomic E-state index is 5.90. The molecular formula is C20H32N4O. The van der Waals surface area contributed by atoms with Gasteiger partial charge in [-0.2, -0.15) is 5.10 Å². The van der Waals surface area contributed by atoms with Crippen LogP contribution in [0.3, 0.4) is 0 Å². The lowest BCUT2D eigenvalue weighted by Gasteiger charge is -2.19.